The van der Waals surface area contributed by atoms with E-state index >= 15 is 0 Å². The van der Waals surface area contributed by atoms with E-state index in [-0.39, 0.29) is 5.60 Å². The van der Waals surface area contributed by atoms with Gasteiger partial charge in [-0.25, -0.2) is 0 Å². The molecule has 0 aromatic rings. The summed E-state index contributed by atoms with van der Waals surface area (Å²) >= 11 is 0. The maximum Gasteiger partial charge on any atom is 0.0850 e. The molecule has 2 fully saturated rings. The molecule has 0 radical (unpaired) electrons. The third-order valence-corrected chi connectivity index (χ3v) is 5.83. The summed E-state index contributed by atoms with van der Waals surface area (Å²) in [7, 11) is 0. The molecule has 2 rings (SSSR count). The van der Waals surface area contributed by atoms with Crippen LogP contribution in [0.15, 0.2) is 0 Å². The minimum Gasteiger partial charge on any atom is -0.374 e. The summed E-state index contributed by atoms with van der Waals surface area (Å²) in [4.78, 5) is 0. The summed E-state index contributed by atoms with van der Waals surface area (Å²) in [6.07, 6.45) is 10.2. The van der Waals surface area contributed by atoms with Crippen LogP contribution in [0.4, 0.5) is 0 Å². The molecule has 3 nitrogen and oxygen atoms in total. The molecule has 0 saturated heterocycles. The fraction of sp³-hybridized carbons (Fsp3) is 1.00. The topological polar surface area (TPSA) is 47.3 Å². The third-order valence-electron chi connectivity index (χ3n) is 5.83. The standard InChI is InChI=1S/C17H34N2O/c1-4-20-17(11-9-14(3)10-12-17)16(19-18)15-7-5-13(2)6-8-15/h13-16,19H,4-12,18H2,1-3H3. The first kappa shape index (κ1) is 16.3. The Balaban J connectivity index is 2.08. The molecule has 0 aliphatic heterocycles. The van der Waals surface area contributed by atoms with Crippen LogP contribution in [0.25, 0.3) is 0 Å². The van der Waals surface area contributed by atoms with Gasteiger partial charge in [0.15, 0.2) is 0 Å². The van der Waals surface area contributed by atoms with E-state index in [2.05, 4.69) is 26.2 Å². The van der Waals surface area contributed by atoms with E-state index in [1.165, 1.54) is 51.4 Å². The maximum absolute atomic E-state index is 6.31. The Morgan fingerprint density at radius 2 is 1.60 bits per heavy atom. The van der Waals surface area contributed by atoms with Gasteiger partial charge in [-0.3, -0.25) is 11.3 Å². The number of hydrogen-bond donors (Lipinski definition) is 2. The SMILES string of the molecule is CCOC1(C(NN)C2CCC(C)CC2)CCC(C)CC1. The predicted octanol–water partition coefficient (Wildman–Crippen LogP) is 3.63. The van der Waals surface area contributed by atoms with Crippen LogP contribution in [-0.4, -0.2) is 18.2 Å². The van der Waals surface area contributed by atoms with Gasteiger partial charge in [-0.1, -0.05) is 26.7 Å². The summed E-state index contributed by atoms with van der Waals surface area (Å²) in [6.45, 7) is 7.66. The van der Waals surface area contributed by atoms with Gasteiger partial charge < -0.3 is 4.74 Å². The van der Waals surface area contributed by atoms with E-state index in [0.717, 1.165) is 18.4 Å². The molecule has 2 saturated carbocycles. The first-order valence-electron chi connectivity index (χ1n) is 8.71. The smallest absolute Gasteiger partial charge is 0.0850 e. The van der Waals surface area contributed by atoms with Gasteiger partial charge in [0, 0.05) is 6.61 Å². The number of rotatable bonds is 5. The second-order valence-corrected chi connectivity index (χ2v) is 7.34. The second-order valence-electron chi connectivity index (χ2n) is 7.34. The van der Waals surface area contributed by atoms with Gasteiger partial charge in [-0.05, 0) is 63.2 Å². The Kier molecular flexibility index (Phi) is 5.88. The van der Waals surface area contributed by atoms with E-state index in [4.69, 9.17) is 10.6 Å². The molecule has 3 N–H and O–H groups in total. The molecule has 0 spiro atoms. The zero-order chi connectivity index (χ0) is 14.6. The lowest BCUT2D eigenvalue weighted by atomic mass is 9.68. The van der Waals surface area contributed by atoms with Crippen LogP contribution in [0, 0.1) is 17.8 Å². The number of hydrazine groups is 1. The van der Waals surface area contributed by atoms with Crippen molar-refractivity contribution in [1.82, 2.24) is 5.43 Å². The number of nitrogens with two attached hydrogens (primary N) is 1. The quantitative estimate of drug-likeness (QED) is 0.598. The zero-order valence-electron chi connectivity index (χ0n) is 13.7. The van der Waals surface area contributed by atoms with Crippen LogP contribution in [-0.2, 0) is 4.74 Å². The monoisotopic (exact) mass is 282 g/mol. The van der Waals surface area contributed by atoms with Gasteiger partial charge in [0.2, 0.25) is 0 Å². The van der Waals surface area contributed by atoms with E-state index in [1.807, 2.05) is 0 Å². The maximum atomic E-state index is 6.31. The highest BCUT2D eigenvalue weighted by Gasteiger charge is 2.45. The van der Waals surface area contributed by atoms with Gasteiger partial charge in [-0.2, -0.15) is 0 Å². The van der Waals surface area contributed by atoms with Crippen molar-refractivity contribution in [2.24, 2.45) is 23.6 Å². The van der Waals surface area contributed by atoms with Crippen LogP contribution in [0.3, 0.4) is 0 Å². The van der Waals surface area contributed by atoms with Crippen molar-refractivity contribution < 1.29 is 4.74 Å². The molecular formula is C17H34N2O. The lowest BCUT2D eigenvalue weighted by molar-refractivity contribution is -0.112. The Hall–Kier alpha value is -0.120. The van der Waals surface area contributed by atoms with Gasteiger partial charge in [0.05, 0.1) is 11.6 Å². The molecule has 0 aromatic heterocycles. The normalized spacial score (nSPS) is 40.5. The summed E-state index contributed by atoms with van der Waals surface area (Å²) in [5.74, 6) is 8.41. The predicted molar refractivity (Wildman–Crippen MR) is 84.2 cm³/mol. The highest BCUT2D eigenvalue weighted by molar-refractivity contribution is 4.99. The molecule has 0 bridgehead atoms. The van der Waals surface area contributed by atoms with E-state index in [9.17, 15) is 0 Å². The summed E-state index contributed by atoms with van der Waals surface area (Å²) in [6, 6.07) is 0.336. The molecule has 2 aliphatic carbocycles. The fourth-order valence-electron chi connectivity index (χ4n) is 4.42. The molecule has 3 heteroatoms. The van der Waals surface area contributed by atoms with Gasteiger partial charge in [0.1, 0.15) is 0 Å². The average molecular weight is 282 g/mol. The molecule has 118 valence electrons. The summed E-state index contributed by atoms with van der Waals surface area (Å²) in [5, 5.41) is 0. The molecule has 2 aliphatic rings. The van der Waals surface area contributed by atoms with Crippen molar-refractivity contribution in [3.8, 4) is 0 Å². The van der Waals surface area contributed by atoms with Crippen LogP contribution in [0.1, 0.15) is 72.1 Å². The highest BCUT2D eigenvalue weighted by atomic mass is 16.5. The number of ether oxygens (including phenoxy) is 1. The summed E-state index contributed by atoms with van der Waals surface area (Å²) < 4.78 is 6.31. The van der Waals surface area contributed by atoms with Crippen molar-refractivity contribution in [2.75, 3.05) is 6.61 Å². The third kappa shape index (κ3) is 3.55. The lowest BCUT2D eigenvalue weighted by Crippen LogP contribution is -2.60. The molecule has 0 aromatic carbocycles. The van der Waals surface area contributed by atoms with Crippen molar-refractivity contribution in [3.63, 3.8) is 0 Å². The Bertz CT molecular complexity index is 279. The first-order valence-corrected chi connectivity index (χ1v) is 8.71. The molecule has 0 amide bonds. The van der Waals surface area contributed by atoms with Crippen molar-refractivity contribution in [2.45, 2.75) is 83.8 Å². The Labute approximate surface area is 125 Å². The zero-order valence-corrected chi connectivity index (χ0v) is 13.7. The molecule has 1 unspecified atom stereocenters. The molecule has 1 atom stereocenters. The van der Waals surface area contributed by atoms with Gasteiger partial charge in [0.25, 0.3) is 0 Å². The number of nitrogens with one attached hydrogen (secondary N) is 1. The van der Waals surface area contributed by atoms with Crippen LogP contribution < -0.4 is 11.3 Å². The second kappa shape index (κ2) is 7.24. The first-order chi connectivity index (χ1) is 9.61. The Morgan fingerprint density at radius 1 is 1.05 bits per heavy atom. The van der Waals surface area contributed by atoms with E-state index in [1.54, 1.807) is 0 Å². The van der Waals surface area contributed by atoms with Crippen molar-refractivity contribution in [3.05, 3.63) is 0 Å². The fourth-order valence-corrected chi connectivity index (χ4v) is 4.42. The molecule has 0 heterocycles. The summed E-state index contributed by atoms with van der Waals surface area (Å²) in [5.41, 5.74) is 3.16. The van der Waals surface area contributed by atoms with E-state index in [0.29, 0.717) is 12.0 Å². The Morgan fingerprint density at radius 3 is 2.10 bits per heavy atom. The van der Waals surface area contributed by atoms with Crippen molar-refractivity contribution >= 4 is 0 Å². The number of hydrogen-bond acceptors (Lipinski definition) is 3. The lowest BCUT2D eigenvalue weighted by Gasteiger charge is -2.48. The van der Waals surface area contributed by atoms with E-state index < -0.39 is 0 Å². The van der Waals surface area contributed by atoms with Crippen LogP contribution in [0.5, 0.6) is 0 Å². The van der Waals surface area contributed by atoms with Crippen molar-refractivity contribution in [1.29, 1.82) is 0 Å². The van der Waals surface area contributed by atoms with Crippen LogP contribution >= 0.6 is 0 Å². The largest absolute Gasteiger partial charge is 0.374 e. The highest BCUT2D eigenvalue weighted by Crippen LogP contribution is 2.42. The minimum absolute atomic E-state index is 0.0126. The molecular weight excluding hydrogens is 248 g/mol. The average Bonchev–Trinajstić information content (AvgIpc) is 2.45. The minimum atomic E-state index is -0.0126. The van der Waals surface area contributed by atoms with Crippen LogP contribution in [0.2, 0.25) is 0 Å². The van der Waals surface area contributed by atoms with Gasteiger partial charge in [-0.15, -0.1) is 0 Å². The van der Waals surface area contributed by atoms with Gasteiger partial charge >= 0.3 is 0 Å². The molecule has 20 heavy (non-hydrogen) atoms.